The zero-order chi connectivity index (χ0) is 63.6. The summed E-state index contributed by atoms with van der Waals surface area (Å²) in [6, 6.07) is 18.0. The van der Waals surface area contributed by atoms with E-state index in [1.165, 1.54) is 276 Å². The van der Waals surface area contributed by atoms with E-state index in [0.717, 1.165) is 75.7 Å². The molecule has 2 aliphatic heterocycles. The third-order valence-corrected chi connectivity index (χ3v) is 21.4. The van der Waals surface area contributed by atoms with Crippen LogP contribution in [0.3, 0.4) is 0 Å². The molecule has 0 aromatic heterocycles. The van der Waals surface area contributed by atoms with E-state index >= 15 is 0 Å². The lowest BCUT2D eigenvalue weighted by molar-refractivity contribution is -0.436. The van der Waals surface area contributed by atoms with Crippen molar-refractivity contribution in [1.82, 2.24) is 0 Å². The Morgan fingerprint density at radius 1 is 0.489 bits per heavy atom. The number of aliphatic carboxylic acids is 2. The molecular weight excluding hydrogens is 1240 g/mol. The molecule has 2 N–H and O–H groups in total. The Kier molecular flexibility index (Phi) is 42.0. The smallest absolute Gasteiger partial charge is 0.309 e. The summed E-state index contributed by atoms with van der Waals surface area (Å²) in [4.78, 5) is 27.5. The number of benzene rings is 2. The molecule has 0 saturated heterocycles. The van der Waals surface area contributed by atoms with Crippen LogP contribution < -0.4 is 28.9 Å². The molecule has 1 aliphatic carbocycles. The number of carboxylic acids is 2. The molecule has 508 valence electrons. The van der Waals surface area contributed by atoms with Gasteiger partial charge in [0.05, 0.1) is 11.8 Å². The number of nitrogens with zero attached hydrogens (tertiary/aromatic N) is 2. The minimum atomic E-state index is -0.761. The number of hydrogen-bond acceptors (Lipinski definition) is 3. The van der Waals surface area contributed by atoms with E-state index in [0.29, 0.717) is 19.0 Å². The third kappa shape index (κ3) is 26.9. The van der Waals surface area contributed by atoms with Crippen molar-refractivity contribution in [3.8, 4) is 0 Å². The van der Waals surface area contributed by atoms with Crippen molar-refractivity contribution < 1.29 is 48.4 Å². The van der Waals surface area contributed by atoms with Gasteiger partial charge in [-0.1, -0.05) is 358 Å². The van der Waals surface area contributed by atoms with Crippen LogP contribution in [0.4, 0.5) is 11.4 Å². The van der Waals surface area contributed by atoms with Gasteiger partial charge >= 0.3 is 11.9 Å². The second-order valence-electron chi connectivity index (χ2n) is 28.0. The van der Waals surface area contributed by atoms with Crippen LogP contribution in [0, 0.1) is 5.92 Å². The number of rotatable bonds is 54. The van der Waals surface area contributed by atoms with Crippen molar-refractivity contribution in [2.24, 2.45) is 5.92 Å². The fourth-order valence-corrected chi connectivity index (χ4v) is 15.9. The molecule has 5 rings (SSSR count). The first-order valence-electron chi connectivity index (χ1n) is 38.1. The second-order valence-corrected chi connectivity index (χ2v) is 28.4. The SMILES string of the molecule is CCCCCCCCCCCCC1(CCCCCCCCCCCC)C(/C=C/C2=C(Cl)C(=C/C=C3\N(CCC(=O)O)c4ccccc4C3(CCCCCCCCCCCC)CCCCCCCCCCCC)/CC(CC)C2)=[N+](CCC(=O)O)c2ccccc21.[I-]. The molecule has 8 heteroatoms. The molecule has 2 heterocycles. The molecule has 3 aliphatic rings. The monoisotopic (exact) mass is 1370 g/mol. The first kappa shape index (κ1) is 79.3. The highest BCUT2D eigenvalue weighted by atomic mass is 127. The maximum Gasteiger partial charge on any atom is 0.309 e. The summed E-state index contributed by atoms with van der Waals surface area (Å²) in [7, 11) is 0. The molecular formula is C82H132ClIN2O4. The molecule has 90 heavy (non-hydrogen) atoms. The normalized spacial score (nSPS) is 16.9. The van der Waals surface area contributed by atoms with E-state index in [1.54, 1.807) is 0 Å². The number of unbranched alkanes of at least 4 members (excludes halogenated alkanes) is 36. The van der Waals surface area contributed by atoms with Crippen molar-refractivity contribution in [1.29, 1.82) is 0 Å². The number of para-hydroxylation sites is 2. The van der Waals surface area contributed by atoms with Crippen LogP contribution in [0.15, 0.2) is 94.7 Å². The maximum atomic E-state index is 12.5. The Morgan fingerprint density at radius 2 is 0.878 bits per heavy atom. The van der Waals surface area contributed by atoms with Crippen LogP contribution in [-0.4, -0.2) is 45.5 Å². The van der Waals surface area contributed by atoms with Crippen molar-refractivity contribution in [2.45, 2.75) is 360 Å². The van der Waals surface area contributed by atoms with Gasteiger partial charge in [-0.2, -0.15) is 4.58 Å². The van der Waals surface area contributed by atoms with Crippen LogP contribution in [0.2, 0.25) is 0 Å². The first-order chi connectivity index (χ1) is 43.6. The number of anilines is 1. The average Bonchev–Trinajstić information content (AvgIpc) is 1.59. The summed E-state index contributed by atoms with van der Waals surface area (Å²) in [5.74, 6) is -1.10. The van der Waals surface area contributed by atoms with Crippen LogP contribution in [-0.2, 0) is 20.4 Å². The number of carbonyl (C=O) groups is 2. The van der Waals surface area contributed by atoms with Crippen molar-refractivity contribution in [3.05, 3.63) is 106 Å². The molecule has 0 radical (unpaired) electrons. The third-order valence-electron chi connectivity index (χ3n) is 21.0. The number of allylic oxidation sites excluding steroid dienone is 8. The van der Waals surface area contributed by atoms with Crippen LogP contribution in [0.25, 0.3) is 0 Å². The molecule has 2 aromatic rings. The van der Waals surface area contributed by atoms with Crippen molar-refractivity contribution >= 4 is 40.6 Å². The standard InChI is InChI=1S/C82H131ClN2O4.HI/c1-6-11-15-19-23-27-31-35-39-47-61-81(62-48-40-36-32-28-24-20-16-12-7-2)72-51-43-45-53-74(72)84(65-59-78(86)87)76(81)57-55-70-67-69(10-5)68-71(80(70)83)56-58-77-82(63-49-41-37-33-29-25-21-17-13-8-3,64-50-42-38-34-30-26-22-18-14-9-4)73-52-44-46-54-75(73)85(77)66-60-79(88)89;/h43-46,51-58,69H,6-42,47-50,59-68H2,1-5H3,(H-,86,87,88,89);1H. The van der Waals surface area contributed by atoms with Crippen LogP contribution in [0.1, 0.15) is 360 Å². The zero-order valence-corrected chi connectivity index (χ0v) is 61.3. The molecule has 0 fully saturated rings. The van der Waals surface area contributed by atoms with E-state index in [9.17, 15) is 19.8 Å². The lowest BCUT2D eigenvalue weighted by atomic mass is 9.69. The summed E-state index contributed by atoms with van der Waals surface area (Å²) >= 11 is 7.90. The molecule has 6 nitrogen and oxygen atoms in total. The Hall–Kier alpha value is -3.17. The average molecular weight is 1370 g/mol. The first-order valence-corrected chi connectivity index (χ1v) is 38.5. The number of fused-ring (bicyclic) bond motifs is 2. The van der Waals surface area contributed by atoms with Crippen LogP contribution in [0.5, 0.6) is 0 Å². The minimum Gasteiger partial charge on any atom is -1.00 e. The predicted molar refractivity (Wildman–Crippen MR) is 385 cm³/mol. The zero-order valence-electron chi connectivity index (χ0n) is 58.4. The Balaban J connectivity index is 0.0000173. The van der Waals surface area contributed by atoms with Crippen molar-refractivity contribution in [2.75, 3.05) is 18.0 Å². The predicted octanol–water partition coefficient (Wildman–Crippen LogP) is 22.7. The van der Waals surface area contributed by atoms with E-state index in [2.05, 4.69) is 117 Å². The quantitative estimate of drug-likeness (QED) is 0.0392. The fraction of sp³-hybridized carbons (Fsp3) is 0.720. The van der Waals surface area contributed by atoms with Crippen molar-refractivity contribution in [3.63, 3.8) is 0 Å². The summed E-state index contributed by atoms with van der Waals surface area (Å²) in [5, 5.41) is 21.4. The van der Waals surface area contributed by atoms with Gasteiger partial charge in [0.1, 0.15) is 6.42 Å². The highest BCUT2D eigenvalue weighted by molar-refractivity contribution is 6.32. The largest absolute Gasteiger partial charge is 1.00 e. The van der Waals surface area contributed by atoms with E-state index < -0.39 is 11.9 Å². The number of halogens is 2. The summed E-state index contributed by atoms with van der Waals surface area (Å²) in [6.45, 7) is 12.4. The van der Waals surface area contributed by atoms with E-state index in [-0.39, 0.29) is 47.6 Å². The summed E-state index contributed by atoms with van der Waals surface area (Å²) in [5.41, 5.74) is 9.54. The molecule has 0 saturated carbocycles. The van der Waals surface area contributed by atoms with Gasteiger partial charge in [-0.05, 0) is 73.3 Å². The van der Waals surface area contributed by atoms with E-state index in [4.69, 9.17) is 11.6 Å². The molecule has 0 amide bonds. The van der Waals surface area contributed by atoms with Gasteiger partial charge in [-0.3, -0.25) is 9.59 Å². The Labute approximate surface area is 574 Å². The topological polar surface area (TPSA) is 80.9 Å². The Morgan fingerprint density at radius 3 is 1.30 bits per heavy atom. The lowest BCUT2D eigenvalue weighted by Crippen LogP contribution is -3.00. The molecule has 0 spiro atoms. The molecule has 0 bridgehead atoms. The highest BCUT2D eigenvalue weighted by Crippen LogP contribution is 2.54. The van der Waals surface area contributed by atoms with Gasteiger partial charge in [-0.15, -0.1) is 0 Å². The molecule has 1 atom stereocenters. The fourth-order valence-electron chi connectivity index (χ4n) is 15.6. The van der Waals surface area contributed by atoms with Gasteiger partial charge in [-0.25, -0.2) is 0 Å². The van der Waals surface area contributed by atoms with Gasteiger partial charge in [0, 0.05) is 46.1 Å². The summed E-state index contributed by atoms with van der Waals surface area (Å²) < 4.78 is 2.40. The van der Waals surface area contributed by atoms with Gasteiger partial charge in [0.2, 0.25) is 5.69 Å². The van der Waals surface area contributed by atoms with Gasteiger partial charge in [0.15, 0.2) is 12.3 Å². The molecule has 2 aromatic carbocycles. The second kappa shape index (κ2) is 47.7. The number of hydrogen-bond donors (Lipinski definition) is 2. The van der Waals surface area contributed by atoms with Crippen LogP contribution >= 0.6 is 11.6 Å². The highest BCUT2D eigenvalue weighted by Gasteiger charge is 2.50. The van der Waals surface area contributed by atoms with E-state index in [1.807, 2.05) is 0 Å². The Bertz CT molecular complexity index is 2400. The summed E-state index contributed by atoms with van der Waals surface area (Å²) in [6.07, 6.45) is 68.8. The maximum absolute atomic E-state index is 12.5. The minimum absolute atomic E-state index is 0. The van der Waals surface area contributed by atoms with Gasteiger partial charge < -0.3 is 39.1 Å². The van der Waals surface area contributed by atoms with Gasteiger partial charge in [0.25, 0.3) is 0 Å². The molecule has 1 unspecified atom stereocenters. The lowest BCUT2D eigenvalue weighted by Gasteiger charge is -2.35. The number of carboxylic acid groups (broad SMARTS) is 2.